The van der Waals surface area contributed by atoms with Crippen molar-refractivity contribution in [1.29, 1.82) is 0 Å². The van der Waals surface area contributed by atoms with Gasteiger partial charge in [-0.2, -0.15) is 0 Å². The number of methoxy groups -OCH3 is 1. The van der Waals surface area contributed by atoms with Crippen LogP contribution in [0.4, 0.5) is 5.69 Å². The first kappa shape index (κ1) is 16.6. The van der Waals surface area contributed by atoms with E-state index in [-0.39, 0.29) is 0 Å². The highest BCUT2D eigenvalue weighted by molar-refractivity contribution is 6.30. The predicted molar refractivity (Wildman–Crippen MR) is 81.9 cm³/mol. The van der Waals surface area contributed by atoms with Crippen LogP contribution in [0.2, 0.25) is 5.02 Å². The predicted octanol–water partition coefficient (Wildman–Crippen LogP) is 3.68. The lowest BCUT2D eigenvalue weighted by molar-refractivity contribution is -0.140. The maximum atomic E-state index is 11.1. The lowest BCUT2D eigenvalue weighted by atomic mass is 10.1. The van der Waals surface area contributed by atoms with E-state index < -0.39 is 11.9 Å². The summed E-state index contributed by atoms with van der Waals surface area (Å²) in [6, 6.07) is 5.40. The zero-order valence-corrected chi connectivity index (χ0v) is 13.0. The number of carboxylic acid groups (broad SMARTS) is 1. The standard InChI is InChI=1S/C15H22ClNO3/c1-4-5-8-17(10-11(2)15(18)19)13-9-12(16)6-7-14(13)20-3/h6-7,9,11H,4-5,8,10H2,1-3H3,(H,18,19). The van der Waals surface area contributed by atoms with Crippen molar-refractivity contribution in [1.82, 2.24) is 0 Å². The molecule has 0 radical (unpaired) electrons. The fourth-order valence-electron chi connectivity index (χ4n) is 1.98. The molecule has 1 unspecified atom stereocenters. The molecule has 1 aromatic carbocycles. The van der Waals surface area contributed by atoms with Gasteiger partial charge in [0.25, 0.3) is 0 Å². The maximum Gasteiger partial charge on any atom is 0.308 e. The smallest absolute Gasteiger partial charge is 0.308 e. The first-order valence-electron chi connectivity index (χ1n) is 6.80. The van der Waals surface area contributed by atoms with Gasteiger partial charge < -0.3 is 14.7 Å². The van der Waals surface area contributed by atoms with Crippen LogP contribution in [-0.2, 0) is 4.79 Å². The van der Waals surface area contributed by atoms with E-state index >= 15 is 0 Å². The van der Waals surface area contributed by atoms with Crippen molar-refractivity contribution in [2.75, 3.05) is 25.1 Å². The Hall–Kier alpha value is -1.42. The molecule has 0 aliphatic heterocycles. The molecule has 0 fully saturated rings. The van der Waals surface area contributed by atoms with Gasteiger partial charge in [-0.3, -0.25) is 4.79 Å². The van der Waals surface area contributed by atoms with Crippen molar-refractivity contribution in [2.24, 2.45) is 5.92 Å². The van der Waals surface area contributed by atoms with Crippen molar-refractivity contribution in [2.45, 2.75) is 26.7 Å². The van der Waals surface area contributed by atoms with E-state index in [1.807, 2.05) is 17.0 Å². The van der Waals surface area contributed by atoms with Gasteiger partial charge in [-0.25, -0.2) is 0 Å². The van der Waals surface area contributed by atoms with Gasteiger partial charge in [0.15, 0.2) is 0 Å². The molecular weight excluding hydrogens is 278 g/mol. The zero-order valence-electron chi connectivity index (χ0n) is 12.2. The van der Waals surface area contributed by atoms with Crippen LogP contribution < -0.4 is 9.64 Å². The van der Waals surface area contributed by atoms with Crippen LogP contribution >= 0.6 is 11.6 Å². The van der Waals surface area contributed by atoms with Crippen LogP contribution in [0.25, 0.3) is 0 Å². The summed E-state index contributed by atoms with van der Waals surface area (Å²) in [5.74, 6) is -0.536. The molecule has 0 aliphatic carbocycles. The Kier molecular flexibility index (Phi) is 6.65. The number of anilines is 1. The minimum absolute atomic E-state index is 0.437. The second-order valence-corrected chi connectivity index (χ2v) is 5.29. The molecule has 1 aromatic rings. The zero-order chi connectivity index (χ0) is 15.1. The fraction of sp³-hybridized carbons (Fsp3) is 0.533. The van der Waals surface area contributed by atoms with Gasteiger partial charge in [0.2, 0.25) is 0 Å². The van der Waals surface area contributed by atoms with E-state index in [2.05, 4.69) is 6.92 Å². The van der Waals surface area contributed by atoms with E-state index in [9.17, 15) is 4.79 Å². The van der Waals surface area contributed by atoms with Crippen LogP contribution in [0.5, 0.6) is 5.75 Å². The molecule has 1 N–H and O–H groups in total. The molecule has 0 spiro atoms. The molecule has 0 bridgehead atoms. The summed E-state index contributed by atoms with van der Waals surface area (Å²) in [6.07, 6.45) is 2.03. The quantitative estimate of drug-likeness (QED) is 0.795. The Bertz CT molecular complexity index is 451. The maximum absolute atomic E-state index is 11.1. The number of ether oxygens (including phenoxy) is 1. The number of benzene rings is 1. The van der Waals surface area contributed by atoms with Crippen LogP contribution in [0.15, 0.2) is 18.2 Å². The van der Waals surface area contributed by atoms with Gasteiger partial charge in [0.1, 0.15) is 5.75 Å². The summed E-state index contributed by atoms with van der Waals surface area (Å²) < 4.78 is 5.36. The Labute approximate surface area is 125 Å². The number of rotatable bonds is 8. The fourth-order valence-corrected chi connectivity index (χ4v) is 2.14. The monoisotopic (exact) mass is 299 g/mol. The molecule has 1 rings (SSSR count). The van der Waals surface area contributed by atoms with Crippen molar-refractivity contribution >= 4 is 23.3 Å². The van der Waals surface area contributed by atoms with Gasteiger partial charge in [-0.15, -0.1) is 0 Å². The average molecular weight is 300 g/mol. The molecule has 0 amide bonds. The second-order valence-electron chi connectivity index (χ2n) is 4.86. The molecule has 0 saturated carbocycles. The molecule has 0 heterocycles. The molecule has 4 nitrogen and oxygen atoms in total. The Morgan fingerprint density at radius 1 is 1.50 bits per heavy atom. The largest absolute Gasteiger partial charge is 0.495 e. The summed E-state index contributed by atoms with van der Waals surface area (Å²) >= 11 is 6.05. The summed E-state index contributed by atoms with van der Waals surface area (Å²) in [7, 11) is 1.60. The normalized spacial score (nSPS) is 12.0. The molecule has 0 aromatic heterocycles. The number of aliphatic carboxylic acids is 1. The summed E-state index contributed by atoms with van der Waals surface area (Å²) in [5, 5.41) is 9.72. The number of nitrogens with zero attached hydrogens (tertiary/aromatic N) is 1. The SMILES string of the molecule is CCCCN(CC(C)C(=O)O)c1cc(Cl)ccc1OC. The number of carbonyl (C=O) groups is 1. The van der Waals surface area contributed by atoms with Crippen molar-refractivity contribution in [3.05, 3.63) is 23.2 Å². The number of halogens is 1. The lowest BCUT2D eigenvalue weighted by Gasteiger charge is -2.28. The molecule has 1 atom stereocenters. The van der Waals surface area contributed by atoms with Crippen LogP contribution in [0, 0.1) is 5.92 Å². The van der Waals surface area contributed by atoms with Crippen molar-refractivity contribution in [3.8, 4) is 5.75 Å². The summed E-state index contributed by atoms with van der Waals surface area (Å²) in [5.41, 5.74) is 0.849. The van der Waals surface area contributed by atoms with E-state index in [0.717, 1.165) is 25.1 Å². The highest BCUT2D eigenvalue weighted by atomic mass is 35.5. The highest BCUT2D eigenvalue weighted by Gasteiger charge is 2.19. The number of hydrogen-bond donors (Lipinski definition) is 1. The third-order valence-corrected chi connectivity index (χ3v) is 3.41. The van der Waals surface area contributed by atoms with E-state index in [1.165, 1.54) is 0 Å². The van der Waals surface area contributed by atoms with Gasteiger partial charge in [0.05, 0.1) is 18.7 Å². The van der Waals surface area contributed by atoms with Gasteiger partial charge in [0, 0.05) is 18.1 Å². The minimum atomic E-state index is -0.799. The first-order chi connectivity index (χ1) is 9.49. The lowest BCUT2D eigenvalue weighted by Crippen LogP contribution is -2.33. The van der Waals surface area contributed by atoms with Gasteiger partial charge in [-0.1, -0.05) is 31.9 Å². The topological polar surface area (TPSA) is 49.8 Å². The number of hydrogen-bond acceptors (Lipinski definition) is 3. The van der Waals surface area contributed by atoms with Crippen molar-refractivity contribution in [3.63, 3.8) is 0 Å². The number of carboxylic acids is 1. The molecule has 0 saturated heterocycles. The first-order valence-corrected chi connectivity index (χ1v) is 7.18. The summed E-state index contributed by atoms with van der Waals surface area (Å²) in [4.78, 5) is 13.1. The van der Waals surface area contributed by atoms with Gasteiger partial charge in [-0.05, 0) is 24.6 Å². The van der Waals surface area contributed by atoms with E-state index in [1.54, 1.807) is 20.1 Å². The Morgan fingerprint density at radius 2 is 2.20 bits per heavy atom. The molecule has 20 heavy (non-hydrogen) atoms. The average Bonchev–Trinajstić information content (AvgIpc) is 2.42. The molecule has 5 heteroatoms. The third kappa shape index (κ3) is 4.60. The summed E-state index contributed by atoms with van der Waals surface area (Å²) in [6.45, 7) is 5.03. The molecule has 0 aliphatic rings. The third-order valence-electron chi connectivity index (χ3n) is 3.18. The van der Waals surface area contributed by atoms with Gasteiger partial charge >= 0.3 is 5.97 Å². The van der Waals surface area contributed by atoms with Crippen LogP contribution in [-0.4, -0.2) is 31.3 Å². The Balaban J connectivity index is 3.02. The van der Waals surface area contributed by atoms with Crippen molar-refractivity contribution < 1.29 is 14.6 Å². The number of unbranched alkanes of at least 4 members (excludes halogenated alkanes) is 1. The highest BCUT2D eigenvalue weighted by Crippen LogP contribution is 2.32. The van der Waals surface area contributed by atoms with Crippen LogP contribution in [0.3, 0.4) is 0 Å². The molecule has 112 valence electrons. The minimum Gasteiger partial charge on any atom is -0.495 e. The van der Waals surface area contributed by atoms with E-state index in [0.29, 0.717) is 17.3 Å². The van der Waals surface area contributed by atoms with E-state index in [4.69, 9.17) is 21.4 Å². The Morgan fingerprint density at radius 3 is 2.75 bits per heavy atom. The molecular formula is C15H22ClNO3. The van der Waals surface area contributed by atoms with Crippen LogP contribution in [0.1, 0.15) is 26.7 Å². The second kappa shape index (κ2) is 8.00.